The van der Waals surface area contributed by atoms with E-state index < -0.39 is 0 Å². The van der Waals surface area contributed by atoms with Crippen molar-refractivity contribution in [3.63, 3.8) is 0 Å². The molecule has 0 rings (SSSR count). The number of hydrogen-bond donors (Lipinski definition) is 0. The third-order valence-corrected chi connectivity index (χ3v) is 0. The van der Waals surface area contributed by atoms with Gasteiger partial charge in [0.2, 0.25) is 0 Å². The molecule has 0 amide bonds. The van der Waals surface area contributed by atoms with E-state index in [2.05, 4.69) is 6.92 Å². The Balaban J connectivity index is -0.0000000275. The van der Waals surface area contributed by atoms with E-state index in [-0.39, 0.29) is 19.5 Å². The van der Waals surface area contributed by atoms with Crippen LogP contribution in [0.3, 0.4) is 0 Å². The molecule has 0 aliphatic heterocycles. The van der Waals surface area contributed by atoms with E-state index in [1.165, 1.54) is 0 Å². The molecule has 0 aliphatic carbocycles. The van der Waals surface area contributed by atoms with Gasteiger partial charge in [-0.15, -0.1) is 0 Å². The van der Waals surface area contributed by atoms with Gasteiger partial charge in [0.1, 0.15) is 0 Å². The minimum absolute atomic E-state index is 0. The van der Waals surface area contributed by atoms with Crippen LogP contribution < -0.4 is 5.11 Å². The molecular weight excluding hydrogens is 129 g/mol. The van der Waals surface area contributed by atoms with Gasteiger partial charge in [-0.05, 0) is 0 Å². The normalized spacial score (nSPS) is 4.00. The fourth-order valence-electron chi connectivity index (χ4n) is 0. The van der Waals surface area contributed by atoms with Gasteiger partial charge in [-0.1, -0.05) is 6.92 Å². The Kier molecular flexibility index (Phi) is 125. The van der Waals surface area contributed by atoms with E-state index >= 15 is 0 Å². The van der Waals surface area contributed by atoms with E-state index in [1.54, 1.807) is 0 Å². The van der Waals surface area contributed by atoms with Crippen LogP contribution in [-0.2, 0) is 19.5 Å². The molecule has 0 aromatic rings. The summed E-state index contributed by atoms with van der Waals surface area (Å²) in [5, 5.41) is 8.25. The average Bonchev–Trinajstić information content (AvgIpc) is 1.46. The molecule has 0 saturated heterocycles. The summed E-state index contributed by atoms with van der Waals surface area (Å²) >= 11 is 0. The van der Waals surface area contributed by atoms with E-state index in [4.69, 9.17) is 5.11 Å². The van der Waals surface area contributed by atoms with Crippen molar-refractivity contribution >= 4 is 0 Å². The van der Waals surface area contributed by atoms with E-state index in [0.29, 0.717) is 0 Å². The van der Waals surface area contributed by atoms with E-state index in [0.717, 1.165) is 13.5 Å². The number of rotatable bonds is 0. The largest absolute Gasteiger partial charge is 2.00 e. The first-order valence-corrected chi connectivity index (χ1v) is 1.62. The zero-order chi connectivity index (χ0) is 4.71. The van der Waals surface area contributed by atoms with Crippen LogP contribution in [0.25, 0.3) is 0 Å². The van der Waals surface area contributed by atoms with Crippen molar-refractivity contribution in [2.75, 3.05) is 7.11 Å². The summed E-state index contributed by atoms with van der Waals surface area (Å²) in [5.41, 5.74) is 0. The summed E-state index contributed by atoms with van der Waals surface area (Å²) in [4.78, 5) is 0. The maximum Gasteiger partial charge on any atom is 2.00 e. The van der Waals surface area contributed by atoms with E-state index in [9.17, 15) is 0 Å². The standard InChI is InChI=1S/C3H7.CH3O.Zn/c1-3-2;1-2;/h1,3H2,2H3;1H3;/q2*-1;+2. The Labute approximate surface area is 52.5 Å². The summed E-state index contributed by atoms with van der Waals surface area (Å²) in [6.07, 6.45) is 1.00. The SMILES string of the molecule is C[O-].[CH2-]CC.[Zn+2]. The quantitative estimate of drug-likeness (QED) is 0.347. The molecule has 1 nitrogen and oxygen atoms in total. The fourth-order valence-corrected chi connectivity index (χ4v) is 0. The van der Waals surface area contributed by atoms with Crippen molar-refractivity contribution in [3.8, 4) is 0 Å². The summed E-state index contributed by atoms with van der Waals surface area (Å²) < 4.78 is 0. The smallest absolute Gasteiger partial charge is 0.857 e. The topological polar surface area (TPSA) is 23.1 Å². The molecule has 0 unspecified atom stereocenters. The minimum atomic E-state index is 0. The summed E-state index contributed by atoms with van der Waals surface area (Å²) in [5.74, 6) is 0. The molecule has 0 aromatic carbocycles. The molecule has 2 heteroatoms. The molecule has 0 heterocycles. The molecule has 0 aliphatic rings. The molecule has 6 heavy (non-hydrogen) atoms. The second-order valence-corrected chi connectivity index (χ2v) is 0.500. The maximum atomic E-state index is 8.25. The second-order valence-electron chi connectivity index (χ2n) is 0.500. The van der Waals surface area contributed by atoms with Crippen molar-refractivity contribution in [1.29, 1.82) is 0 Å². The van der Waals surface area contributed by atoms with Gasteiger partial charge < -0.3 is 12.0 Å². The molecule has 0 atom stereocenters. The van der Waals surface area contributed by atoms with Crippen LogP contribution in [0.4, 0.5) is 0 Å². The molecule has 0 N–H and O–H groups in total. The summed E-state index contributed by atoms with van der Waals surface area (Å²) in [6, 6.07) is 0. The minimum Gasteiger partial charge on any atom is -0.857 e. The predicted octanol–water partition coefficient (Wildman–Crippen LogP) is 0.204. The first-order valence-electron chi connectivity index (χ1n) is 1.62. The Morgan fingerprint density at radius 1 is 1.50 bits per heavy atom. The predicted molar refractivity (Wildman–Crippen MR) is 21.6 cm³/mol. The third-order valence-electron chi connectivity index (χ3n) is 0. The Hall–Kier alpha value is 0.583. The van der Waals surface area contributed by atoms with Crippen molar-refractivity contribution < 1.29 is 24.6 Å². The molecular formula is C4H10OZn. The molecule has 0 spiro atoms. The van der Waals surface area contributed by atoms with Crippen molar-refractivity contribution in [1.82, 2.24) is 0 Å². The van der Waals surface area contributed by atoms with Crippen LogP contribution in [0.1, 0.15) is 13.3 Å². The van der Waals surface area contributed by atoms with E-state index in [1.807, 2.05) is 6.92 Å². The van der Waals surface area contributed by atoms with Gasteiger partial charge in [0.25, 0.3) is 0 Å². The van der Waals surface area contributed by atoms with Gasteiger partial charge in [0.05, 0.1) is 0 Å². The van der Waals surface area contributed by atoms with Gasteiger partial charge in [-0.25, -0.2) is 0 Å². The molecule has 34 valence electrons. The van der Waals surface area contributed by atoms with Crippen LogP contribution in [0, 0.1) is 6.92 Å². The Bertz CT molecular complexity index is 7.51. The van der Waals surface area contributed by atoms with Gasteiger partial charge in [-0.3, -0.25) is 0 Å². The molecule has 0 fully saturated rings. The van der Waals surface area contributed by atoms with Crippen LogP contribution in [0.15, 0.2) is 0 Å². The van der Waals surface area contributed by atoms with Gasteiger partial charge in [-0.2, -0.15) is 13.5 Å². The van der Waals surface area contributed by atoms with Crippen molar-refractivity contribution in [3.05, 3.63) is 6.92 Å². The fraction of sp³-hybridized carbons (Fsp3) is 0.750. The zero-order valence-corrected chi connectivity index (χ0v) is 7.50. The third kappa shape index (κ3) is 173. The van der Waals surface area contributed by atoms with Crippen molar-refractivity contribution in [2.45, 2.75) is 13.3 Å². The van der Waals surface area contributed by atoms with Crippen LogP contribution in [-0.4, -0.2) is 7.11 Å². The van der Waals surface area contributed by atoms with Gasteiger partial charge >= 0.3 is 19.5 Å². The second kappa shape index (κ2) is 46.8. The molecule has 0 bridgehead atoms. The van der Waals surface area contributed by atoms with Gasteiger partial charge in [0, 0.05) is 0 Å². The van der Waals surface area contributed by atoms with Crippen LogP contribution >= 0.6 is 0 Å². The monoisotopic (exact) mass is 138 g/mol. The van der Waals surface area contributed by atoms with Crippen LogP contribution in [0.2, 0.25) is 0 Å². The summed E-state index contributed by atoms with van der Waals surface area (Å²) in [7, 11) is 0.750. The average molecular weight is 140 g/mol. The summed E-state index contributed by atoms with van der Waals surface area (Å²) in [6.45, 7) is 5.50. The van der Waals surface area contributed by atoms with Crippen molar-refractivity contribution in [2.24, 2.45) is 0 Å². The first kappa shape index (κ1) is 16.0. The molecule has 0 saturated carbocycles. The zero-order valence-electron chi connectivity index (χ0n) is 4.53. The maximum absolute atomic E-state index is 8.25. The molecule has 0 radical (unpaired) electrons. The Morgan fingerprint density at radius 3 is 1.50 bits per heavy atom. The van der Waals surface area contributed by atoms with Crippen LogP contribution in [0.5, 0.6) is 0 Å². The first-order chi connectivity index (χ1) is 2.41. The molecule has 0 aromatic heterocycles. The van der Waals surface area contributed by atoms with Gasteiger partial charge in [0.15, 0.2) is 0 Å². The number of hydrogen-bond acceptors (Lipinski definition) is 1. The Morgan fingerprint density at radius 2 is 1.50 bits per heavy atom.